The number of sulfonamides is 1. The molecule has 2 amide bonds. The van der Waals surface area contributed by atoms with E-state index in [9.17, 15) is 22.8 Å². The molecule has 0 unspecified atom stereocenters. The molecule has 0 radical (unpaired) electrons. The van der Waals surface area contributed by atoms with Crippen LogP contribution in [0.25, 0.3) is 0 Å². The van der Waals surface area contributed by atoms with Crippen LogP contribution in [0.15, 0.2) is 47.4 Å². The molecular weight excluding hydrogens is 424 g/mol. The van der Waals surface area contributed by atoms with Gasteiger partial charge in [-0.3, -0.25) is 9.59 Å². The van der Waals surface area contributed by atoms with Gasteiger partial charge < -0.3 is 9.57 Å². The molecule has 162 valence electrons. The van der Waals surface area contributed by atoms with E-state index in [1.165, 1.54) is 31.4 Å². The van der Waals surface area contributed by atoms with Gasteiger partial charge in [0.05, 0.1) is 23.8 Å². The number of hydroxylamine groups is 2. The van der Waals surface area contributed by atoms with Crippen LogP contribution in [-0.4, -0.2) is 44.4 Å². The summed E-state index contributed by atoms with van der Waals surface area (Å²) in [6.07, 6.45) is 3.36. The minimum Gasteiger partial charge on any atom is -0.495 e. The van der Waals surface area contributed by atoms with Gasteiger partial charge in [-0.25, -0.2) is 17.9 Å². The lowest BCUT2D eigenvalue weighted by molar-refractivity contribution is -0.0584. The van der Waals surface area contributed by atoms with E-state index in [-0.39, 0.29) is 33.4 Å². The van der Waals surface area contributed by atoms with Gasteiger partial charge in [-0.15, -0.1) is 0 Å². The molecular formula is C21H20N2O7S. The molecule has 1 fully saturated rings. The second-order valence-electron chi connectivity index (χ2n) is 7.30. The molecule has 1 N–H and O–H groups in total. The fourth-order valence-corrected chi connectivity index (χ4v) is 5.23. The average molecular weight is 444 g/mol. The number of nitrogens with one attached hydrogen (secondary N) is 1. The fraction of sp³-hybridized carbons (Fsp3) is 0.286. The first-order valence-electron chi connectivity index (χ1n) is 9.72. The highest BCUT2D eigenvalue weighted by atomic mass is 32.2. The molecule has 0 aromatic heterocycles. The number of rotatable bonds is 6. The topological polar surface area (TPSA) is 119 Å². The standard InChI is InChI=1S/C21H20N2O7S/c1-29-17-11-10-13(12-18(17)31(27,28)22-14-6-2-3-7-14)21(26)30-23-19(24)15-8-4-5-9-16(15)20(23)25/h4-5,8-12,14,22H,2-3,6-7H2,1H3. The number of hydrogen-bond donors (Lipinski definition) is 1. The molecule has 4 rings (SSSR count). The third-order valence-corrected chi connectivity index (χ3v) is 6.84. The number of hydrogen-bond acceptors (Lipinski definition) is 7. The van der Waals surface area contributed by atoms with Crippen molar-refractivity contribution in [3.63, 3.8) is 0 Å². The van der Waals surface area contributed by atoms with Crippen LogP contribution in [0.2, 0.25) is 0 Å². The van der Waals surface area contributed by atoms with Crippen molar-refractivity contribution in [3.8, 4) is 5.75 Å². The molecule has 1 aliphatic heterocycles. The van der Waals surface area contributed by atoms with Crippen LogP contribution in [0.4, 0.5) is 0 Å². The van der Waals surface area contributed by atoms with Crippen LogP contribution in [0.3, 0.4) is 0 Å². The summed E-state index contributed by atoms with van der Waals surface area (Å²) in [5, 5.41) is 0.377. The zero-order chi connectivity index (χ0) is 22.2. The van der Waals surface area contributed by atoms with E-state index in [2.05, 4.69) is 4.72 Å². The highest BCUT2D eigenvalue weighted by molar-refractivity contribution is 7.89. The predicted octanol–water partition coefficient (Wildman–Crippen LogP) is 2.28. The first-order valence-corrected chi connectivity index (χ1v) is 11.2. The number of imide groups is 1. The van der Waals surface area contributed by atoms with E-state index in [0.717, 1.165) is 31.7 Å². The van der Waals surface area contributed by atoms with Crippen LogP contribution in [0, 0.1) is 0 Å². The van der Waals surface area contributed by atoms with E-state index in [0.29, 0.717) is 5.06 Å². The lowest BCUT2D eigenvalue weighted by Crippen LogP contribution is -2.34. The first kappa shape index (κ1) is 21.0. The molecule has 1 saturated carbocycles. The fourth-order valence-electron chi connectivity index (χ4n) is 3.73. The van der Waals surface area contributed by atoms with E-state index >= 15 is 0 Å². The predicted molar refractivity (Wildman–Crippen MR) is 108 cm³/mol. The molecule has 2 aromatic rings. The number of methoxy groups -OCH3 is 1. The molecule has 31 heavy (non-hydrogen) atoms. The number of nitrogens with zero attached hydrogens (tertiary/aromatic N) is 1. The van der Waals surface area contributed by atoms with Gasteiger partial charge in [-0.2, -0.15) is 0 Å². The number of fused-ring (bicyclic) bond motifs is 1. The summed E-state index contributed by atoms with van der Waals surface area (Å²) in [5.41, 5.74) is 0.0993. The Morgan fingerprint density at radius 2 is 1.65 bits per heavy atom. The molecule has 10 heteroatoms. The summed E-state index contributed by atoms with van der Waals surface area (Å²) in [6, 6.07) is 9.64. The number of benzene rings is 2. The van der Waals surface area contributed by atoms with Crippen LogP contribution in [0.1, 0.15) is 56.8 Å². The van der Waals surface area contributed by atoms with E-state index in [1.807, 2.05) is 0 Å². The van der Waals surface area contributed by atoms with Gasteiger partial charge in [0.25, 0.3) is 11.8 Å². The van der Waals surface area contributed by atoms with Crippen molar-refractivity contribution in [2.75, 3.05) is 7.11 Å². The summed E-state index contributed by atoms with van der Waals surface area (Å²) >= 11 is 0. The Labute approximate surface area is 178 Å². The number of carbonyl (C=O) groups excluding carboxylic acids is 3. The maximum atomic E-state index is 12.9. The minimum atomic E-state index is -3.97. The Morgan fingerprint density at radius 1 is 1.03 bits per heavy atom. The van der Waals surface area contributed by atoms with Crippen molar-refractivity contribution in [3.05, 3.63) is 59.2 Å². The molecule has 2 aliphatic rings. The Bertz CT molecular complexity index is 1140. The van der Waals surface area contributed by atoms with Crippen LogP contribution in [0.5, 0.6) is 5.75 Å². The van der Waals surface area contributed by atoms with Crippen molar-refractivity contribution in [2.24, 2.45) is 0 Å². The highest BCUT2D eigenvalue weighted by Gasteiger charge is 2.39. The zero-order valence-electron chi connectivity index (χ0n) is 16.7. The van der Waals surface area contributed by atoms with Crippen LogP contribution in [-0.2, 0) is 14.9 Å². The van der Waals surface area contributed by atoms with Gasteiger partial charge in [0.1, 0.15) is 10.6 Å². The Hall–Kier alpha value is -3.24. The van der Waals surface area contributed by atoms with Crippen LogP contribution < -0.4 is 9.46 Å². The SMILES string of the molecule is COc1ccc(C(=O)ON2C(=O)c3ccccc3C2=O)cc1S(=O)(=O)NC1CCCC1. The quantitative estimate of drug-likeness (QED) is 0.679. The maximum Gasteiger partial charge on any atom is 0.363 e. The zero-order valence-corrected chi connectivity index (χ0v) is 17.5. The Kier molecular flexibility index (Phi) is 5.50. The van der Waals surface area contributed by atoms with Crippen molar-refractivity contribution in [2.45, 2.75) is 36.6 Å². The number of carbonyl (C=O) groups is 3. The number of amides is 2. The van der Waals surface area contributed by atoms with Gasteiger partial charge in [-0.1, -0.05) is 30.0 Å². The summed E-state index contributed by atoms with van der Waals surface area (Å²) in [6.45, 7) is 0. The van der Waals surface area contributed by atoms with Crippen LogP contribution >= 0.6 is 0 Å². The van der Waals surface area contributed by atoms with E-state index in [4.69, 9.17) is 9.57 Å². The molecule has 0 spiro atoms. The van der Waals surface area contributed by atoms with Crippen molar-refractivity contribution >= 4 is 27.8 Å². The molecule has 0 saturated heterocycles. The summed E-state index contributed by atoms with van der Waals surface area (Å²) in [4.78, 5) is 42.2. The Morgan fingerprint density at radius 3 is 2.23 bits per heavy atom. The average Bonchev–Trinajstić information content (AvgIpc) is 3.35. The second kappa shape index (κ2) is 8.12. The molecule has 1 aliphatic carbocycles. The summed E-state index contributed by atoms with van der Waals surface area (Å²) < 4.78 is 33.5. The van der Waals surface area contributed by atoms with Gasteiger partial charge in [0, 0.05) is 6.04 Å². The third kappa shape index (κ3) is 3.91. The maximum absolute atomic E-state index is 12.9. The third-order valence-electron chi connectivity index (χ3n) is 5.30. The first-order chi connectivity index (χ1) is 14.8. The smallest absolute Gasteiger partial charge is 0.363 e. The summed E-state index contributed by atoms with van der Waals surface area (Å²) in [5.74, 6) is -2.52. The van der Waals surface area contributed by atoms with Crippen molar-refractivity contribution in [1.29, 1.82) is 0 Å². The van der Waals surface area contributed by atoms with Crippen molar-refractivity contribution in [1.82, 2.24) is 9.79 Å². The molecule has 9 nitrogen and oxygen atoms in total. The minimum absolute atomic E-state index is 0.0581. The normalized spacial score (nSPS) is 16.5. The van der Waals surface area contributed by atoms with Gasteiger partial charge >= 0.3 is 5.97 Å². The molecule has 1 heterocycles. The van der Waals surface area contributed by atoms with Gasteiger partial charge in [0.15, 0.2) is 0 Å². The molecule has 2 aromatic carbocycles. The van der Waals surface area contributed by atoms with E-state index < -0.39 is 27.8 Å². The molecule has 0 atom stereocenters. The van der Waals surface area contributed by atoms with Gasteiger partial charge in [-0.05, 0) is 43.2 Å². The van der Waals surface area contributed by atoms with Gasteiger partial charge in [0.2, 0.25) is 10.0 Å². The van der Waals surface area contributed by atoms with Crippen molar-refractivity contribution < 1.29 is 32.4 Å². The monoisotopic (exact) mass is 444 g/mol. The number of ether oxygens (including phenoxy) is 1. The highest BCUT2D eigenvalue weighted by Crippen LogP contribution is 2.28. The lowest BCUT2D eigenvalue weighted by Gasteiger charge is -2.16. The largest absolute Gasteiger partial charge is 0.495 e. The second-order valence-corrected chi connectivity index (χ2v) is 8.98. The molecule has 0 bridgehead atoms. The summed E-state index contributed by atoms with van der Waals surface area (Å²) in [7, 11) is -2.65. The lowest BCUT2D eigenvalue weighted by atomic mass is 10.1. The van der Waals surface area contributed by atoms with E-state index in [1.54, 1.807) is 12.1 Å². The Balaban J connectivity index is 1.59.